The van der Waals surface area contributed by atoms with Gasteiger partial charge in [0.15, 0.2) is 0 Å². The van der Waals surface area contributed by atoms with Gasteiger partial charge in [0.2, 0.25) is 0 Å². The first kappa shape index (κ1) is 18.5. The number of hydrogen-bond donors (Lipinski definition) is 0. The second-order valence-corrected chi connectivity index (χ2v) is 7.61. The third-order valence-electron chi connectivity index (χ3n) is 3.48. The van der Waals surface area contributed by atoms with Crippen LogP contribution in [0.2, 0.25) is 5.02 Å². The van der Waals surface area contributed by atoms with E-state index in [1.165, 1.54) is 13.1 Å². The number of benzene rings is 2. The van der Waals surface area contributed by atoms with E-state index in [2.05, 4.69) is 4.74 Å². The minimum Gasteiger partial charge on any atom is -0.433 e. The van der Waals surface area contributed by atoms with Crippen molar-refractivity contribution in [1.29, 1.82) is 0 Å². The smallest absolute Gasteiger partial charge is 0.387 e. The van der Waals surface area contributed by atoms with Gasteiger partial charge in [0, 0.05) is 7.05 Å². The Labute approximate surface area is 144 Å². The molecule has 0 aliphatic carbocycles. The topological polar surface area (TPSA) is 46.6 Å². The lowest BCUT2D eigenvalue weighted by atomic mass is 10.1. The molecule has 2 aromatic carbocycles. The number of anilines is 1. The summed E-state index contributed by atoms with van der Waals surface area (Å²) in [6.07, 6.45) is 0. The highest BCUT2D eigenvalue weighted by Crippen LogP contribution is 2.32. The van der Waals surface area contributed by atoms with Crippen molar-refractivity contribution in [3.8, 4) is 5.75 Å². The number of hydrogen-bond acceptors (Lipinski definition) is 3. The summed E-state index contributed by atoms with van der Waals surface area (Å²) in [5, 5.41) is -0.203. The Kier molecular flexibility index (Phi) is 5.35. The van der Waals surface area contributed by atoms with Gasteiger partial charge in [0.05, 0.1) is 15.6 Å². The fraction of sp³-hybridized carbons (Fsp3) is 0.250. The molecule has 0 unspecified atom stereocenters. The van der Waals surface area contributed by atoms with E-state index >= 15 is 0 Å². The molecule has 0 spiro atoms. The van der Waals surface area contributed by atoms with Crippen LogP contribution in [0.5, 0.6) is 5.75 Å². The van der Waals surface area contributed by atoms with Gasteiger partial charge in [-0.3, -0.25) is 4.31 Å². The van der Waals surface area contributed by atoms with Gasteiger partial charge in [-0.25, -0.2) is 8.42 Å². The molecular weight excluding hydrogens is 360 g/mol. The standard InChI is InChI=1S/C16H16ClF2NO3S/c1-10-4-5-11(2)14(8-10)20(3)24(21,22)12-6-7-15(13(17)9-12)23-16(18)19/h4-9,16H,1-3H3. The van der Waals surface area contributed by atoms with Gasteiger partial charge in [-0.1, -0.05) is 23.7 Å². The van der Waals surface area contributed by atoms with Gasteiger partial charge in [-0.2, -0.15) is 8.78 Å². The molecule has 24 heavy (non-hydrogen) atoms. The van der Waals surface area contributed by atoms with Crippen molar-refractivity contribution in [2.75, 3.05) is 11.4 Å². The summed E-state index contributed by atoms with van der Waals surface area (Å²) in [5.41, 5.74) is 2.23. The fourth-order valence-electron chi connectivity index (χ4n) is 2.18. The molecule has 0 saturated heterocycles. The highest BCUT2D eigenvalue weighted by atomic mass is 35.5. The molecule has 4 nitrogen and oxygen atoms in total. The average molecular weight is 376 g/mol. The second-order valence-electron chi connectivity index (χ2n) is 5.23. The largest absolute Gasteiger partial charge is 0.433 e. The van der Waals surface area contributed by atoms with E-state index in [1.54, 1.807) is 13.0 Å². The van der Waals surface area contributed by atoms with Gasteiger partial charge in [0.1, 0.15) is 5.75 Å². The maximum Gasteiger partial charge on any atom is 0.387 e. The Morgan fingerprint density at radius 1 is 1.12 bits per heavy atom. The molecule has 0 atom stereocenters. The summed E-state index contributed by atoms with van der Waals surface area (Å²) in [5.74, 6) is -0.278. The van der Waals surface area contributed by atoms with Gasteiger partial charge in [0.25, 0.3) is 10.0 Å². The van der Waals surface area contributed by atoms with Gasteiger partial charge >= 0.3 is 6.61 Å². The lowest BCUT2D eigenvalue weighted by Gasteiger charge is -2.22. The predicted octanol–water partition coefficient (Wildman–Crippen LogP) is 4.38. The van der Waals surface area contributed by atoms with Crippen LogP contribution < -0.4 is 9.04 Å². The molecule has 0 aliphatic heterocycles. The van der Waals surface area contributed by atoms with E-state index in [4.69, 9.17) is 11.6 Å². The Morgan fingerprint density at radius 2 is 1.79 bits per heavy atom. The van der Waals surface area contributed by atoms with Crippen LogP contribution in [0.15, 0.2) is 41.3 Å². The van der Waals surface area contributed by atoms with Crippen molar-refractivity contribution < 1.29 is 21.9 Å². The number of halogens is 3. The van der Waals surface area contributed by atoms with Crippen molar-refractivity contribution in [3.63, 3.8) is 0 Å². The van der Waals surface area contributed by atoms with E-state index in [-0.39, 0.29) is 15.7 Å². The third kappa shape index (κ3) is 3.79. The lowest BCUT2D eigenvalue weighted by molar-refractivity contribution is -0.0498. The van der Waals surface area contributed by atoms with Gasteiger partial charge < -0.3 is 4.74 Å². The van der Waals surface area contributed by atoms with Crippen molar-refractivity contribution in [2.45, 2.75) is 25.4 Å². The first-order valence-corrected chi connectivity index (χ1v) is 8.75. The average Bonchev–Trinajstić information content (AvgIpc) is 2.50. The molecule has 0 heterocycles. The summed E-state index contributed by atoms with van der Waals surface area (Å²) in [6, 6.07) is 8.84. The molecule has 0 bridgehead atoms. The lowest BCUT2D eigenvalue weighted by Crippen LogP contribution is -2.27. The molecule has 2 aromatic rings. The summed E-state index contributed by atoms with van der Waals surface area (Å²) in [6.45, 7) is 0.618. The Bertz CT molecular complexity index is 856. The number of sulfonamides is 1. The number of alkyl halides is 2. The number of aryl methyl sites for hydroxylation is 2. The van der Waals surface area contributed by atoms with E-state index < -0.39 is 16.6 Å². The van der Waals surface area contributed by atoms with Crippen molar-refractivity contribution >= 4 is 27.3 Å². The van der Waals surface area contributed by atoms with Crippen molar-refractivity contribution in [3.05, 3.63) is 52.5 Å². The van der Waals surface area contributed by atoms with Crippen LogP contribution in [0.4, 0.5) is 14.5 Å². The highest BCUT2D eigenvalue weighted by molar-refractivity contribution is 7.92. The predicted molar refractivity (Wildman–Crippen MR) is 89.6 cm³/mol. The zero-order chi connectivity index (χ0) is 18.1. The van der Waals surface area contributed by atoms with E-state index in [0.717, 1.165) is 27.6 Å². The second kappa shape index (κ2) is 6.94. The molecular formula is C16H16ClF2NO3S. The normalized spacial score (nSPS) is 11.6. The van der Waals surface area contributed by atoms with Crippen LogP contribution in [-0.2, 0) is 10.0 Å². The summed E-state index contributed by atoms with van der Waals surface area (Å²) >= 11 is 5.85. The van der Waals surface area contributed by atoms with E-state index in [1.807, 2.05) is 19.1 Å². The molecule has 130 valence electrons. The molecule has 0 amide bonds. The molecule has 0 N–H and O–H groups in total. The van der Waals surface area contributed by atoms with Crippen LogP contribution in [-0.4, -0.2) is 22.1 Å². The quantitative estimate of drug-likeness (QED) is 0.779. The third-order valence-corrected chi connectivity index (χ3v) is 5.54. The number of rotatable bonds is 5. The Balaban J connectivity index is 2.43. The number of ether oxygens (including phenoxy) is 1. The Morgan fingerprint density at radius 3 is 2.38 bits per heavy atom. The number of nitrogens with zero attached hydrogens (tertiary/aromatic N) is 1. The minimum absolute atomic E-state index is 0.113. The molecule has 0 fully saturated rings. The summed E-state index contributed by atoms with van der Waals surface area (Å²) in [4.78, 5) is -0.113. The summed E-state index contributed by atoms with van der Waals surface area (Å²) < 4.78 is 55.4. The van der Waals surface area contributed by atoms with Crippen molar-refractivity contribution in [2.24, 2.45) is 0 Å². The summed E-state index contributed by atoms with van der Waals surface area (Å²) in [7, 11) is -2.47. The molecule has 0 radical (unpaired) electrons. The van der Waals surface area contributed by atoms with Crippen LogP contribution in [0.1, 0.15) is 11.1 Å². The first-order chi connectivity index (χ1) is 11.1. The van der Waals surface area contributed by atoms with Crippen LogP contribution in [0.25, 0.3) is 0 Å². The zero-order valence-corrected chi connectivity index (χ0v) is 14.8. The maximum atomic E-state index is 12.8. The Hall–Kier alpha value is -1.86. The fourth-order valence-corrected chi connectivity index (χ4v) is 3.75. The van der Waals surface area contributed by atoms with E-state index in [0.29, 0.717) is 5.69 Å². The zero-order valence-electron chi connectivity index (χ0n) is 13.3. The van der Waals surface area contributed by atoms with Crippen molar-refractivity contribution in [1.82, 2.24) is 0 Å². The van der Waals surface area contributed by atoms with E-state index in [9.17, 15) is 17.2 Å². The van der Waals surface area contributed by atoms with Crippen LogP contribution >= 0.6 is 11.6 Å². The monoisotopic (exact) mass is 375 g/mol. The van der Waals surface area contributed by atoms with Gasteiger partial charge in [-0.05, 0) is 49.2 Å². The van der Waals surface area contributed by atoms with Crippen LogP contribution in [0.3, 0.4) is 0 Å². The molecule has 8 heteroatoms. The maximum absolute atomic E-state index is 12.8. The molecule has 0 saturated carbocycles. The SMILES string of the molecule is Cc1ccc(C)c(N(C)S(=O)(=O)c2ccc(OC(F)F)c(Cl)c2)c1. The minimum atomic E-state index is -3.89. The van der Waals surface area contributed by atoms with Crippen LogP contribution in [0, 0.1) is 13.8 Å². The molecule has 0 aromatic heterocycles. The highest BCUT2D eigenvalue weighted by Gasteiger charge is 2.24. The molecule has 2 rings (SSSR count). The molecule has 0 aliphatic rings. The van der Waals surface area contributed by atoms with Gasteiger partial charge in [-0.15, -0.1) is 0 Å². The first-order valence-electron chi connectivity index (χ1n) is 6.93.